The van der Waals surface area contributed by atoms with E-state index in [-0.39, 0.29) is 11.3 Å². The maximum Gasteiger partial charge on any atom is 0.340 e. The van der Waals surface area contributed by atoms with E-state index in [2.05, 4.69) is 4.74 Å². The summed E-state index contributed by atoms with van der Waals surface area (Å²) in [5.74, 6) is -1.64. The lowest BCUT2D eigenvalue weighted by atomic mass is 10.1. The van der Waals surface area contributed by atoms with Gasteiger partial charge in [-0.3, -0.25) is 0 Å². The van der Waals surface area contributed by atoms with Gasteiger partial charge in [-0.25, -0.2) is 9.18 Å². The van der Waals surface area contributed by atoms with E-state index in [1.807, 2.05) is 4.90 Å². The number of halogens is 1. The molecule has 17 heavy (non-hydrogen) atoms. The van der Waals surface area contributed by atoms with Gasteiger partial charge in [0.1, 0.15) is 11.6 Å². The van der Waals surface area contributed by atoms with Crippen LogP contribution in [0.5, 0.6) is 5.75 Å². The maximum atomic E-state index is 13.5. The molecule has 1 aliphatic rings. The van der Waals surface area contributed by atoms with Crippen molar-refractivity contribution in [3.8, 4) is 5.75 Å². The van der Waals surface area contributed by atoms with Crippen LogP contribution in [0.4, 0.5) is 10.1 Å². The average molecular weight is 239 g/mol. The molecule has 0 spiro atoms. The van der Waals surface area contributed by atoms with Gasteiger partial charge in [-0.1, -0.05) is 0 Å². The van der Waals surface area contributed by atoms with Crippen LogP contribution in [-0.2, 0) is 4.74 Å². The van der Waals surface area contributed by atoms with E-state index in [9.17, 15) is 14.3 Å². The highest BCUT2D eigenvalue weighted by molar-refractivity contribution is 5.91. The van der Waals surface area contributed by atoms with E-state index in [1.165, 1.54) is 13.2 Å². The van der Waals surface area contributed by atoms with E-state index in [0.717, 1.165) is 32.0 Å². The van der Waals surface area contributed by atoms with E-state index in [1.54, 1.807) is 0 Å². The van der Waals surface area contributed by atoms with Crippen LogP contribution in [0.2, 0.25) is 0 Å². The quantitative estimate of drug-likeness (QED) is 0.801. The van der Waals surface area contributed by atoms with E-state index >= 15 is 0 Å². The van der Waals surface area contributed by atoms with Crippen LogP contribution in [0, 0.1) is 5.82 Å². The molecule has 0 unspecified atom stereocenters. The van der Waals surface area contributed by atoms with Crippen molar-refractivity contribution in [3.05, 3.63) is 23.5 Å². The number of hydrogen-bond donors (Lipinski definition) is 1. The molecular formula is C12H14FNO3. The summed E-state index contributed by atoms with van der Waals surface area (Å²) in [5, 5.41) is 9.70. The van der Waals surface area contributed by atoms with Crippen molar-refractivity contribution in [3.63, 3.8) is 0 Å². The van der Waals surface area contributed by atoms with Crippen molar-refractivity contribution in [2.45, 2.75) is 12.8 Å². The number of hydrogen-bond acceptors (Lipinski definition) is 4. The molecule has 1 saturated heterocycles. The number of phenolic OH excluding ortho intramolecular Hbond substituents is 1. The molecule has 1 aliphatic heterocycles. The number of aromatic hydroxyl groups is 1. The van der Waals surface area contributed by atoms with Crippen molar-refractivity contribution in [1.29, 1.82) is 0 Å². The van der Waals surface area contributed by atoms with Gasteiger partial charge in [-0.2, -0.15) is 0 Å². The number of rotatable bonds is 2. The first-order valence-electron chi connectivity index (χ1n) is 5.49. The minimum atomic E-state index is -0.766. The Labute approximate surface area is 98.6 Å². The molecule has 0 radical (unpaired) electrons. The summed E-state index contributed by atoms with van der Waals surface area (Å²) in [7, 11) is 1.20. The maximum absolute atomic E-state index is 13.5. The number of carbonyl (C=O) groups excluding carboxylic acids is 1. The lowest BCUT2D eigenvalue weighted by Crippen LogP contribution is -2.18. The minimum absolute atomic E-state index is 0.142. The Balaban J connectivity index is 2.41. The number of benzene rings is 1. The van der Waals surface area contributed by atoms with Crippen LogP contribution >= 0.6 is 0 Å². The summed E-state index contributed by atoms with van der Waals surface area (Å²) < 4.78 is 18.0. The second kappa shape index (κ2) is 4.61. The highest BCUT2D eigenvalue weighted by Crippen LogP contribution is 2.32. The van der Waals surface area contributed by atoms with Gasteiger partial charge in [-0.05, 0) is 18.9 Å². The van der Waals surface area contributed by atoms with Gasteiger partial charge < -0.3 is 14.7 Å². The van der Waals surface area contributed by atoms with E-state index in [0.29, 0.717) is 5.69 Å². The SMILES string of the molecule is COC(=O)c1cc(N2CCCC2)c(O)cc1F. The second-order valence-corrected chi connectivity index (χ2v) is 4.01. The van der Waals surface area contributed by atoms with Crippen molar-refractivity contribution in [2.75, 3.05) is 25.1 Å². The molecule has 0 amide bonds. The first-order valence-corrected chi connectivity index (χ1v) is 5.49. The third-order valence-corrected chi connectivity index (χ3v) is 2.92. The summed E-state index contributed by atoms with van der Waals surface area (Å²) >= 11 is 0. The lowest BCUT2D eigenvalue weighted by Gasteiger charge is -2.19. The highest BCUT2D eigenvalue weighted by Gasteiger charge is 2.21. The van der Waals surface area contributed by atoms with E-state index in [4.69, 9.17) is 0 Å². The molecule has 5 heteroatoms. The van der Waals surface area contributed by atoms with Crippen LogP contribution in [0.25, 0.3) is 0 Å². The van der Waals surface area contributed by atoms with Crippen molar-refractivity contribution in [2.24, 2.45) is 0 Å². The number of esters is 1. The number of anilines is 1. The van der Waals surface area contributed by atoms with Crippen molar-refractivity contribution >= 4 is 11.7 Å². The molecule has 0 saturated carbocycles. The minimum Gasteiger partial charge on any atom is -0.506 e. The Morgan fingerprint density at radius 2 is 2.06 bits per heavy atom. The van der Waals surface area contributed by atoms with Crippen LogP contribution in [0.15, 0.2) is 12.1 Å². The molecule has 2 rings (SSSR count). The molecule has 0 atom stereocenters. The first kappa shape index (κ1) is 11.7. The number of carbonyl (C=O) groups is 1. The molecule has 1 N–H and O–H groups in total. The topological polar surface area (TPSA) is 49.8 Å². The third-order valence-electron chi connectivity index (χ3n) is 2.92. The molecule has 92 valence electrons. The molecule has 1 aromatic rings. The summed E-state index contributed by atoms with van der Waals surface area (Å²) in [6, 6.07) is 2.31. The van der Waals surface area contributed by atoms with Gasteiger partial charge in [0.25, 0.3) is 0 Å². The van der Waals surface area contributed by atoms with Gasteiger partial charge in [0.15, 0.2) is 0 Å². The number of methoxy groups -OCH3 is 1. The van der Waals surface area contributed by atoms with Crippen molar-refractivity contribution in [1.82, 2.24) is 0 Å². The Morgan fingerprint density at radius 1 is 1.41 bits per heavy atom. The van der Waals surface area contributed by atoms with E-state index < -0.39 is 11.8 Å². The van der Waals surface area contributed by atoms with Gasteiger partial charge in [0, 0.05) is 19.2 Å². The van der Waals surface area contributed by atoms with Crippen LogP contribution in [0.1, 0.15) is 23.2 Å². The average Bonchev–Trinajstić information content (AvgIpc) is 2.81. The molecular weight excluding hydrogens is 225 g/mol. The number of nitrogens with zero attached hydrogens (tertiary/aromatic N) is 1. The van der Waals surface area contributed by atoms with Crippen LogP contribution in [0.3, 0.4) is 0 Å². The Bertz CT molecular complexity index is 442. The predicted molar refractivity (Wildman–Crippen MR) is 60.9 cm³/mol. The summed E-state index contributed by atoms with van der Waals surface area (Å²) in [5.41, 5.74) is 0.344. The van der Waals surface area contributed by atoms with Gasteiger partial charge >= 0.3 is 5.97 Å². The second-order valence-electron chi connectivity index (χ2n) is 4.01. The third kappa shape index (κ3) is 2.18. The van der Waals surface area contributed by atoms with Crippen LogP contribution in [-0.4, -0.2) is 31.3 Å². The predicted octanol–water partition coefficient (Wildman–Crippen LogP) is 1.92. The normalized spacial score (nSPS) is 15.1. The zero-order valence-electron chi connectivity index (χ0n) is 9.57. The van der Waals surface area contributed by atoms with Crippen LogP contribution < -0.4 is 4.90 Å². The summed E-state index contributed by atoms with van der Waals surface area (Å²) in [6.45, 7) is 1.61. The molecule has 1 aromatic carbocycles. The molecule has 0 aliphatic carbocycles. The molecule has 1 heterocycles. The first-order chi connectivity index (χ1) is 8.13. The summed E-state index contributed by atoms with van der Waals surface area (Å²) in [6.07, 6.45) is 2.06. The monoisotopic (exact) mass is 239 g/mol. The number of ether oxygens (including phenoxy) is 1. The Morgan fingerprint density at radius 3 is 2.65 bits per heavy atom. The fourth-order valence-electron chi connectivity index (χ4n) is 2.03. The summed E-state index contributed by atoms with van der Waals surface area (Å²) in [4.78, 5) is 13.3. The highest BCUT2D eigenvalue weighted by atomic mass is 19.1. The fraction of sp³-hybridized carbons (Fsp3) is 0.417. The van der Waals surface area contributed by atoms with Gasteiger partial charge in [-0.15, -0.1) is 0 Å². The number of phenols is 1. The smallest absolute Gasteiger partial charge is 0.340 e. The fourth-order valence-corrected chi connectivity index (χ4v) is 2.03. The molecule has 4 nitrogen and oxygen atoms in total. The Kier molecular flexibility index (Phi) is 3.17. The van der Waals surface area contributed by atoms with Crippen molar-refractivity contribution < 1.29 is 19.0 Å². The zero-order valence-corrected chi connectivity index (χ0v) is 9.57. The lowest BCUT2D eigenvalue weighted by molar-refractivity contribution is 0.0595. The zero-order chi connectivity index (χ0) is 12.4. The standard InChI is InChI=1S/C12H14FNO3/c1-17-12(16)8-6-10(11(15)7-9(8)13)14-4-2-3-5-14/h6-7,15H,2-5H2,1H3. The van der Waals surface area contributed by atoms with Gasteiger partial charge in [0.2, 0.25) is 0 Å². The largest absolute Gasteiger partial charge is 0.506 e. The van der Waals surface area contributed by atoms with Gasteiger partial charge in [0.05, 0.1) is 18.4 Å². The molecule has 0 aromatic heterocycles. The Hall–Kier alpha value is -1.78. The molecule has 1 fully saturated rings. The molecule has 0 bridgehead atoms.